The first-order valence-corrected chi connectivity index (χ1v) is 6.59. The van der Waals surface area contributed by atoms with Gasteiger partial charge in [0.05, 0.1) is 0 Å². The molecule has 1 spiro atoms. The molecule has 0 bridgehead atoms. The van der Waals surface area contributed by atoms with Gasteiger partial charge in [0.15, 0.2) is 0 Å². The lowest BCUT2D eigenvalue weighted by atomic mass is 9.76. The average molecular weight is 245 g/mol. The Morgan fingerprint density at radius 3 is 2.72 bits per heavy atom. The van der Waals surface area contributed by atoms with Crippen LogP contribution < -0.4 is 11.1 Å². The van der Waals surface area contributed by atoms with E-state index in [1.54, 1.807) is 4.90 Å². The van der Waals surface area contributed by atoms with Gasteiger partial charge in [0.2, 0.25) is 0 Å². The zero-order valence-corrected chi connectivity index (χ0v) is 10.5. The summed E-state index contributed by atoms with van der Waals surface area (Å²) in [5, 5.41) is 3.67. The van der Waals surface area contributed by atoms with E-state index in [0.29, 0.717) is 0 Å². The molecule has 3 N–H and O–H groups in total. The Labute approximate surface area is 107 Å². The van der Waals surface area contributed by atoms with Crippen LogP contribution in [0.1, 0.15) is 24.0 Å². The molecule has 2 amide bonds. The van der Waals surface area contributed by atoms with E-state index in [1.165, 1.54) is 11.1 Å². The lowest BCUT2D eigenvalue weighted by Gasteiger charge is -2.45. The van der Waals surface area contributed by atoms with E-state index in [4.69, 9.17) is 5.73 Å². The molecule has 0 radical (unpaired) electrons. The van der Waals surface area contributed by atoms with Crippen LogP contribution >= 0.6 is 0 Å². The zero-order valence-electron chi connectivity index (χ0n) is 10.5. The Kier molecular flexibility index (Phi) is 2.74. The highest BCUT2D eigenvalue weighted by atomic mass is 16.2. The number of urea groups is 1. The van der Waals surface area contributed by atoms with Gasteiger partial charge < -0.3 is 16.0 Å². The quantitative estimate of drug-likeness (QED) is 0.721. The maximum absolute atomic E-state index is 11.2. The number of carbonyl (C=O) groups is 1. The van der Waals surface area contributed by atoms with E-state index >= 15 is 0 Å². The van der Waals surface area contributed by atoms with Crippen LogP contribution in [0.25, 0.3) is 0 Å². The molecule has 1 fully saturated rings. The first kappa shape index (κ1) is 11.5. The van der Waals surface area contributed by atoms with Gasteiger partial charge in [0.25, 0.3) is 0 Å². The van der Waals surface area contributed by atoms with Gasteiger partial charge in [-0.2, -0.15) is 0 Å². The van der Waals surface area contributed by atoms with Crippen molar-refractivity contribution in [3.8, 4) is 0 Å². The number of primary amides is 1. The van der Waals surface area contributed by atoms with Crippen molar-refractivity contribution in [1.29, 1.82) is 0 Å². The maximum atomic E-state index is 11.2. The fourth-order valence-corrected chi connectivity index (χ4v) is 3.29. The highest BCUT2D eigenvalue weighted by Crippen LogP contribution is 2.37. The van der Waals surface area contributed by atoms with Crippen molar-refractivity contribution in [2.45, 2.75) is 24.8 Å². The molecule has 2 aliphatic heterocycles. The standard InChI is InChI=1S/C14H19N3O/c15-13(18)17-9-6-14(7-10-17)12-4-2-1-3-11(12)5-8-16-14/h1-4,16H,5-10H2,(H2,15,18). The molecular formula is C14H19N3O. The number of hydrogen-bond donors (Lipinski definition) is 2. The third kappa shape index (κ3) is 1.77. The van der Waals surface area contributed by atoms with Crippen molar-refractivity contribution >= 4 is 6.03 Å². The zero-order chi connectivity index (χ0) is 12.6. The number of rotatable bonds is 0. The molecule has 96 valence electrons. The average Bonchev–Trinajstić information content (AvgIpc) is 2.40. The molecule has 4 heteroatoms. The van der Waals surface area contributed by atoms with Crippen LogP contribution in [0.15, 0.2) is 24.3 Å². The smallest absolute Gasteiger partial charge is 0.314 e. The number of carbonyl (C=O) groups excluding carboxylic acids is 1. The van der Waals surface area contributed by atoms with Gasteiger partial charge in [-0.05, 0) is 30.4 Å². The third-order valence-electron chi connectivity index (χ3n) is 4.32. The van der Waals surface area contributed by atoms with Gasteiger partial charge in [0.1, 0.15) is 0 Å². The van der Waals surface area contributed by atoms with E-state index in [1.807, 2.05) is 0 Å². The second-order valence-corrected chi connectivity index (χ2v) is 5.24. The Morgan fingerprint density at radius 2 is 2.00 bits per heavy atom. The van der Waals surface area contributed by atoms with E-state index in [-0.39, 0.29) is 11.6 Å². The summed E-state index contributed by atoms with van der Waals surface area (Å²) in [6.07, 6.45) is 3.00. The first-order chi connectivity index (χ1) is 8.71. The Bertz CT molecular complexity index is 464. The predicted octanol–water partition coefficient (Wildman–Crippen LogP) is 1.20. The number of piperidine rings is 1. The second-order valence-electron chi connectivity index (χ2n) is 5.24. The number of nitrogens with zero attached hydrogens (tertiary/aromatic N) is 1. The summed E-state index contributed by atoms with van der Waals surface area (Å²) in [6, 6.07) is 8.36. The number of benzene rings is 1. The molecule has 0 atom stereocenters. The largest absolute Gasteiger partial charge is 0.351 e. The summed E-state index contributed by atoms with van der Waals surface area (Å²) in [6.45, 7) is 2.51. The normalized spacial score (nSPS) is 21.7. The van der Waals surface area contributed by atoms with Crippen LogP contribution in [0, 0.1) is 0 Å². The predicted molar refractivity (Wildman–Crippen MR) is 70.2 cm³/mol. The van der Waals surface area contributed by atoms with Gasteiger partial charge in [-0.25, -0.2) is 4.79 Å². The van der Waals surface area contributed by atoms with Crippen LogP contribution in [0.5, 0.6) is 0 Å². The molecule has 0 unspecified atom stereocenters. The summed E-state index contributed by atoms with van der Waals surface area (Å²) in [5.74, 6) is 0. The SMILES string of the molecule is NC(=O)N1CCC2(CC1)NCCc1ccccc12. The highest BCUT2D eigenvalue weighted by Gasteiger charge is 2.39. The van der Waals surface area contributed by atoms with Crippen molar-refractivity contribution in [3.05, 3.63) is 35.4 Å². The summed E-state index contributed by atoms with van der Waals surface area (Å²) < 4.78 is 0. The van der Waals surface area contributed by atoms with Crippen molar-refractivity contribution in [3.63, 3.8) is 0 Å². The minimum absolute atomic E-state index is 0.0563. The monoisotopic (exact) mass is 245 g/mol. The van der Waals surface area contributed by atoms with Gasteiger partial charge in [-0.3, -0.25) is 0 Å². The molecule has 2 aliphatic rings. The molecule has 1 aromatic rings. The summed E-state index contributed by atoms with van der Waals surface area (Å²) in [4.78, 5) is 12.9. The number of amides is 2. The molecule has 3 rings (SSSR count). The van der Waals surface area contributed by atoms with E-state index in [0.717, 1.165) is 38.9 Å². The Morgan fingerprint density at radius 1 is 1.28 bits per heavy atom. The van der Waals surface area contributed by atoms with Gasteiger partial charge in [-0.1, -0.05) is 24.3 Å². The fourth-order valence-electron chi connectivity index (χ4n) is 3.29. The maximum Gasteiger partial charge on any atom is 0.314 e. The molecule has 2 heterocycles. The molecule has 0 aromatic heterocycles. The number of likely N-dealkylation sites (tertiary alicyclic amines) is 1. The van der Waals surface area contributed by atoms with Crippen molar-refractivity contribution < 1.29 is 4.79 Å². The van der Waals surface area contributed by atoms with Crippen LogP contribution in [-0.2, 0) is 12.0 Å². The van der Waals surface area contributed by atoms with E-state index in [9.17, 15) is 4.79 Å². The van der Waals surface area contributed by atoms with E-state index in [2.05, 4.69) is 29.6 Å². The third-order valence-corrected chi connectivity index (χ3v) is 4.32. The molecule has 0 saturated carbocycles. The van der Waals surface area contributed by atoms with Crippen molar-refractivity contribution in [2.24, 2.45) is 5.73 Å². The van der Waals surface area contributed by atoms with Gasteiger partial charge in [0, 0.05) is 25.2 Å². The summed E-state index contributed by atoms with van der Waals surface area (Å²) >= 11 is 0. The lowest BCUT2D eigenvalue weighted by molar-refractivity contribution is 0.142. The lowest BCUT2D eigenvalue weighted by Crippen LogP contribution is -2.55. The topological polar surface area (TPSA) is 58.4 Å². The molecule has 0 aliphatic carbocycles. The summed E-state index contributed by atoms with van der Waals surface area (Å²) in [5.41, 5.74) is 8.27. The molecular weight excluding hydrogens is 226 g/mol. The second kappa shape index (κ2) is 4.28. The number of nitrogens with two attached hydrogens (primary N) is 1. The number of nitrogens with one attached hydrogen (secondary N) is 1. The molecule has 1 aromatic carbocycles. The number of hydrogen-bond acceptors (Lipinski definition) is 2. The minimum Gasteiger partial charge on any atom is -0.351 e. The van der Waals surface area contributed by atoms with Crippen LogP contribution in [0.3, 0.4) is 0 Å². The Balaban J connectivity index is 1.88. The van der Waals surface area contributed by atoms with Gasteiger partial charge >= 0.3 is 6.03 Å². The van der Waals surface area contributed by atoms with Crippen molar-refractivity contribution in [1.82, 2.24) is 10.2 Å². The minimum atomic E-state index is -0.297. The molecule has 18 heavy (non-hydrogen) atoms. The van der Waals surface area contributed by atoms with Gasteiger partial charge in [-0.15, -0.1) is 0 Å². The molecule has 1 saturated heterocycles. The van der Waals surface area contributed by atoms with Crippen LogP contribution in [0.4, 0.5) is 4.79 Å². The van der Waals surface area contributed by atoms with Crippen LogP contribution in [0.2, 0.25) is 0 Å². The fraction of sp³-hybridized carbons (Fsp3) is 0.500. The Hall–Kier alpha value is -1.55. The van der Waals surface area contributed by atoms with E-state index < -0.39 is 0 Å². The summed E-state index contributed by atoms with van der Waals surface area (Å²) in [7, 11) is 0. The van der Waals surface area contributed by atoms with Crippen LogP contribution in [-0.4, -0.2) is 30.6 Å². The first-order valence-electron chi connectivity index (χ1n) is 6.59. The number of fused-ring (bicyclic) bond motifs is 2. The molecule has 4 nitrogen and oxygen atoms in total. The highest BCUT2D eigenvalue weighted by molar-refractivity contribution is 5.72. The van der Waals surface area contributed by atoms with Crippen molar-refractivity contribution in [2.75, 3.05) is 19.6 Å².